The van der Waals surface area contributed by atoms with Crippen LogP contribution in [0.25, 0.3) is 32.2 Å². The number of piperazine rings is 1. The first-order valence-corrected chi connectivity index (χ1v) is 15.4. The van der Waals surface area contributed by atoms with Crippen LogP contribution in [0.2, 0.25) is 5.02 Å². The number of likely N-dealkylation sites (N-methyl/N-ethyl adjacent to an activating group) is 1. The van der Waals surface area contributed by atoms with Crippen molar-refractivity contribution in [2.24, 2.45) is 5.73 Å². The molecule has 0 bridgehead atoms. The molecule has 2 aromatic carbocycles. The van der Waals surface area contributed by atoms with Gasteiger partial charge in [-0.05, 0) is 44.6 Å². The molecule has 0 spiro atoms. The molecule has 4 aromatic rings. The molecule has 2 atom stereocenters. The Bertz CT molecular complexity index is 1800. The number of aromatic nitrogens is 3. The Morgan fingerprint density at radius 2 is 2.02 bits per heavy atom. The summed E-state index contributed by atoms with van der Waals surface area (Å²) in [5.41, 5.74) is 11.9. The fraction of sp³-hybridized carbons (Fsp3) is 0.414. The van der Waals surface area contributed by atoms with Gasteiger partial charge in [0.1, 0.15) is 23.8 Å². The van der Waals surface area contributed by atoms with Crippen LogP contribution in [-0.2, 0) is 4.79 Å². The number of halogens is 3. The van der Waals surface area contributed by atoms with Gasteiger partial charge in [-0.25, -0.2) is 13.8 Å². The molecule has 11 nitrogen and oxygen atoms in total. The van der Waals surface area contributed by atoms with E-state index in [1.165, 1.54) is 12.1 Å². The second-order valence-electron chi connectivity index (χ2n) is 10.9. The van der Waals surface area contributed by atoms with Crippen LogP contribution in [-0.4, -0.2) is 89.1 Å². The van der Waals surface area contributed by atoms with Crippen LogP contribution in [0.3, 0.4) is 0 Å². The first-order chi connectivity index (χ1) is 21.2. The predicted octanol–water partition coefficient (Wildman–Crippen LogP) is 3.78. The number of nitriles is 1. The molecule has 44 heavy (non-hydrogen) atoms. The first kappa shape index (κ1) is 30.1. The monoisotopic (exact) mass is 641 g/mol. The van der Waals surface area contributed by atoms with E-state index in [-0.39, 0.29) is 74.5 Å². The van der Waals surface area contributed by atoms with Crippen molar-refractivity contribution in [2.75, 3.05) is 57.0 Å². The highest BCUT2D eigenvalue weighted by molar-refractivity contribution is 7.22. The van der Waals surface area contributed by atoms with Crippen molar-refractivity contribution in [1.82, 2.24) is 24.8 Å². The highest BCUT2D eigenvalue weighted by Gasteiger charge is 2.33. The maximum Gasteiger partial charge on any atom is 0.319 e. The summed E-state index contributed by atoms with van der Waals surface area (Å²) in [6, 6.07) is 6.06. The van der Waals surface area contributed by atoms with Crippen molar-refractivity contribution in [2.45, 2.75) is 31.3 Å². The van der Waals surface area contributed by atoms with Crippen LogP contribution in [0.15, 0.2) is 18.2 Å². The third-order valence-corrected chi connectivity index (χ3v) is 9.50. The van der Waals surface area contributed by atoms with Crippen molar-refractivity contribution in [3.63, 3.8) is 0 Å². The summed E-state index contributed by atoms with van der Waals surface area (Å²) in [4.78, 5) is 31.6. The van der Waals surface area contributed by atoms with E-state index in [4.69, 9.17) is 32.8 Å². The highest BCUT2D eigenvalue weighted by atomic mass is 35.5. The molecule has 2 unspecified atom stereocenters. The number of hydrogen-bond acceptors (Lipinski definition) is 11. The van der Waals surface area contributed by atoms with E-state index in [0.29, 0.717) is 30.9 Å². The van der Waals surface area contributed by atoms with Gasteiger partial charge in [0.25, 0.3) is 0 Å². The van der Waals surface area contributed by atoms with Crippen molar-refractivity contribution < 1.29 is 18.3 Å². The minimum absolute atomic E-state index is 0.00121. The third-order valence-electron chi connectivity index (χ3n) is 8.30. The second kappa shape index (κ2) is 12.2. The molecule has 0 radical (unpaired) electrons. The zero-order valence-electron chi connectivity index (χ0n) is 23.9. The summed E-state index contributed by atoms with van der Waals surface area (Å²) in [5.74, 6) is -1.16. The summed E-state index contributed by atoms with van der Waals surface area (Å²) in [7, 11) is 2.02. The predicted molar refractivity (Wildman–Crippen MR) is 166 cm³/mol. The Hall–Kier alpha value is -3.90. The standard InChI is InChI=1S/C29H30ClF2N9O2S/c1-39-8-2-3-16(39)14-43-29-37-24-18(27(38-29)40-9-10-41(21(42)12-34)15(13-40)6-7-33)11-19(30)22(23(24)32)17-4-5-20(31)26-25(17)36-28(35)44-26/h4-5,11,15-16H,2-3,6,8-10,12-14,34H2,1H3,(H2,35,36). The number of nitrogen functional groups attached to an aromatic ring is 1. The zero-order chi connectivity index (χ0) is 31.1. The Kier molecular flexibility index (Phi) is 8.38. The molecule has 2 fully saturated rings. The number of amides is 1. The number of carbonyl (C=O) groups is 1. The van der Waals surface area contributed by atoms with Crippen LogP contribution in [0.1, 0.15) is 19.3 Å². The van der Waals surface area contributed by atoms with Crippen LogP contribution >= 0.6 is 22.9 Å². The lowest BCUT2D eigenvalue weighted by atomic mass is 10.0. The van der Waals surface area contributed by atoms with Gasteiger partial charge < -0.3 is 30.9 Å². The summed E-state index contributed by atoms with van der Waals surface area (Å²) >= 11 is 7.72. The van der Waals surface area contributed by atoms with E-state index in [2.05, 4.69) is 20.9 Å². The van der Waals surface area contributed by atoms with Gasteiger partial charge in [-0.2, -0.15) is 15.2 Å². The number of hydrogen-bond donors (Lipinski definition) is 2. The van der Waals surface area contributed by atoms with E-state index >= 15 is 4.39 Å². The van der Waals surface area contributed by atoms with E-state index in [1.807, 2.05) is 11.9 Å². The Balaban J connectivity index is 1.48. The second-order valence-corrected chi connectivity index (χ2v) is 12.4. The maximum atomic E-state index is 16.7. The van der Waals surface area contributed by atoms with E-state index in [0.717, 1.165) is 30.7 Å². The summed E-state index contributed by atoms with van der Waals surface area (Å²) < 4.78 is 37.5. The number of nitrogens with zero attached hydrogens (tertiary/aromatic N) is 7. The van der Waals surface area contributed by atoms with Crippen molar-refractivity contribution in [3.05, 3.63) is 34.9 Å². The van der Waals surface area contributed by atoms with Gasteiger partial charge in [0.15, 0.2) is 10.9 Å². The molecular formula is C29H30ClF2N9O2S. The van der Waals surface area contributed by atoms with Gasteiger partial charge in [-0.15, -0.1) is 0 Å². The lowest BCUT2D eigenvalue weighted by Gasteiger charge is -2.41. The molecule has 1 amide bonds. The number of nitrogens with two attached hydrogens (primary N) is 2. The van der Waals surface area contributed by atoms with Crippen LogP contribution < -0.4 is 21.1 Å². The molecule has 2 aliphatic rings. The number of anilines is 2. The van der Waals surface area contributed by atoms with Crippen molar-refractivity contribution in [1.29, 1.82) is 5.26 Å². The summed E-state index contributed by atoms with van der Waals surface area (Å²) in [6.07, 6.45) is 2.08. The molecule has 4 N–H and O–H groups in total. The number of carbonyl (C=O) groups excluding carboxylic acids is 1. The summed E-state index contributed by atoms with van der Waals surface area (Å²) in [6.45, 7) is 2.00. The van der Waals surface area contributed by atoms with Gasteiger partial charge in [0.05, 0.1) is 40.3 Å². The molecular weight excluding hydrogens is 612 g/mol. The van der Waals surface area contributed by atoms with Gasteiger partial charge >= 0.3 is 6.01 Å². The number of benzene rings is 2. The fourth-order valence-electron chi connectivity index (χ4n) is 6.04. The van der Waals surface area contributed by atoms with E-state index in [1.54, 1.807) is 11.0 Å². The van der Waals surface area contributed by atoms with Gasteiger partial charge in [0, 0.05) is 42.2 Å². The van der Waals surface area contributed by atoms with Gasteiger partial charge in [-0.1, -0.05) is 22.9 Å². The van der Waals surface area contributed by atoms with Gasteiger partial charge in [0.2, 0.25) is 5.91 Å². The van der Waals surface area contributed by atoms with Crippen LogP contribution in [0, 0.1) is 23.0 Å². The number of thiazole rings is 1. The average Bonchev–Trinajstić information content (AvgIpc) is 3.62. The minimum atomic E-state index is -0.746. The maximum absolute atomic E-state index is 16.7. The molecule has 4 heterocycles. The van der Waals surface area contributed by atoms with Crippen molar-refractivity contribution in [3.8, 4) is 23.2 Å². The molecule has 230 valence electrons. The largest absolute Gasteiger partial charge is 0.462 e. The SMILES string of the molecule is CN1CCCC1COc1nc(N2CCN(C(=O)CN)C(CC#N)C2)c2cc(Cl)c(-c3ccc(F)c4sc(N)nc34)c(F)c2n1. The zero-order valence-corrected chi connectivity index (χ0v) is 25.5. The Morgan fingerprint density at radius 3 is 2.75 bits per heavy atom. The molecule has 2 aliphatic heterocycles. The number of ether oxygens (including phenoxy) is 1. The Labute approximate surface area is 261 Å². The third kappa shape index (κ3) is 5.45. The van der Waals surface area contributed by atoms with Crippen LogP contribution in [0.4, 0.5) is 19.7 Å². The lowest BCUT2D eigenvalue weighted by Crippen LogP contribution is -2.56. The number of fused-ring (bicyclic) bond motifs is 2. The quantitative estimate of drug-likeness (QED) is 0.305. The topological polar surface area (TPSA) is 151 Å². The highest BCUT2D eigenvalue weighted by Crippen LogP contribution is 2.43. The molecule has 2 aromatic heterocycles. The van der Waals surface area contributed by atoms with Crippen LogP contribution in [0.5, 0.6) is 6.01 Å². The minimum Gasteiger partial charge on any atom is -0.462 e. The van der Waals surface area contributed by atoms with E-state index < -0.39 is 17.7 Å². The fourth-order valence-corrected chi connectivity index (χ4v) is 7.10. The smallest absolute Gasteiger partial charge is 0.319 e. The Morgan fingerprint density at radius 1 is 1.20 bits per heavy atom. The number of rotatable bonds is 7. The first-order valence-electron chi connectivity index (χ1n) is 14.2. The summed E-state index contributed by atoms with van der Waals surface area (Å²) in [5, 5.41) is 9.99. The number of likely N-dealkylation sites (tertiary alicyclic amines) is 1. The van der Waals surface area contributed by atoms with Gasteiger partial charge in [-0.3, -0.25) is 4.79 Å². The van der Waals surface area contributed by atoms with Crippen molar-refractivity contribution >= 4 is 60.9 Å². The molecule has 2 saturated heterocycles. The molecule has 0 aliphatic carbocycles. The molecule has 0 saturated carbocycles. The normalized spacial score (nSPS) is 19.2. The van der Waals surface area contributed by atoms with E-state index in [9.17, 15) is 14.4 Å². The lowest BCUT2D eigenvalue weighted by molar-refractivity contribution is -0.132. The molecule has 15 heteroatoms. The molecule has 6 rings (SSSR count). The average molecular weight is 642 g/mol.